The average Bonchev–Trinajstić information content (AvgIpc) is 2.22. The van der Waals surface area contributed by atoms with Crippen LogP contribution < -0.4 is 5.32 Å². The lowest BCUT2D eigenvalue weighted by molar-refractivity contribution is 0.341. The van der Waals surface area contributed by atoms with E-state index in [2.05, 4.69) is 24.0 Å². The Bertz CT molecular complexity index is 114. The summed E-state index contributed by atoms with van der Waals surface area (Å²) in [4.78, 5) is 0. The van der Waals surface area contributed by atoms with Gasteiger partial charge < -0.3 is 5.32 Å². The van der Waals surface area contributed by atoms with Crippen molar-refractivity contribution >= 4 is 11.8 Å². The van der Waals surface area contributed by atoms with Gasteiger partial charge in [0.2, 0.25) is 0 Å². The summed E-state index contributed by atoms with van der Waals surface area (Å²) in [7, 11) is 0. The Labute approximate surface area is 60.6 Å². The van der Waals surface area contributed by atoms with Gasteiger partial charge in [0.05, 0.1) is 0 Å². The topological polar surface area (TPSA) is 12.0 Å². The number of hydrogen-bond acceptors (Lipinski definition) is 2. The van der Waals surface area contributed by atoms with Gasteiger partial charge in [0, 0.05) is 12.3 Å². The molecular formula is C7H13NS. The molecule has 2 unspecified atom stereocenters. The van der Waals surface area contributed by atoms with Gasteiger partial charge in [-0.15, -0.1) is 0 Å². The average molecular weight is 143 g/mol. The molecule has 52 valence electrons. The third-order valence-electron chi connectivity index (χ3n) is 2.66. The Balaban J connectivity index is 2.17. The molecule has 1 N–H and O–H groups in total. The summed E-state index contributed by atoms with van der Waals surface area (Å²) in [6.07, 6.45) is 0. The molecule has 2 saturated heterocycles. The highest BCUT2D eigenvalue weighted by atomic mass is 32.2. The van der Waals surface area contributed by atoms with Crippen molar-refractivity contribution in [3.8, 4) is 0 Å². The molecule has 1 nitrogen and oxygen atoms in total. The first-order valence-corrected chi connectivity index (χ1v) is 4.75. The molecule has 2 heterocycles. The first kappa shape index (κ1) is 6.05. The molecule has 2 aliphatic heterocycles. The van der Waals surface area contributed by atoms with E-state index in [-0.39, 0.29) is 0 Å². The fourth-order valence-electron chi connectivity index (χ4n) is 1.79. The fraction of sp³-hybridized carbons (Fsp3) is 1.00. The summed E-state index contributed by atoms with van der Waals surface area (Å²) in [5, 5.41) is 3.45. The van der Waals surface area contributed by atoms with Crippen molar-refractivity contribution in [1.29, 1.82) is 0 Å². The van der Waals surface area contributed by atoms with Crippen molar-refractivity contribution in [1.82, 2.24) is 5.32 Å². The van der Waals surface area contributed by atoms with Gasteiger partial charge in [-0.25, -0.2) is 0 Å². The van der Waals surface area contributed by atoms with Crippen LogP contribution in [0.3, 0.4) is 0 Å². The molecule has 9 heavy (non-hydrogen) atoms. The highest BCUT2D eigenvalue weighted by Crippen LogP contribution is 2.42. The van der Waals surface area contributed by atoms with Crippen molar-refractivity contribution in [3.63, 3.8) is 0 Å². The number of nitrogens with one attached hydrogen (secondary N) is 1. The second kappa shape index (κ2) is 1.89. The molecule has 0 spiro atoms. The van der Waals surface area contributed by atoms with Gasteiger partial charge >= 0.3 is 0 Å². The van der Waals surface area contributed by atoms with Crippen LogP contribution in [0, 0.1) is 11.3 Å². The third kappa shape index (κ3) is 0.802. The SMILES string of the molecule is CC12CNCC1CSC2. The Morgan fingerprint density at radius 1 is 1.67 bits per heavy atom. The molecule has 0 aliphatic carbocycles. The summed E-state index contributed by atoms with van der Waals surface area (Å²) >= 11 is 2.12. The van der Waals surface area contributed by atoms with E-state index in [0.29, 0.717) is 5.41 Å². The maximum Gasteiger partial charge on any atom is 0.00166 e. The van der Waals surface area contributed by atoms with E-state index in [4.69, 9.17) is 0 Å². The van der Waals surface area contributed by atoms with Crippen LogP contribution in [-0.2, 0) is 0 Å². The maximum atomic E-state index is 3.45. The van der Waals surface area contributed by atoms with Gasteiger partial charge in [-0.2, -0.15) is 11.8 Å². The van der Waals surface area contributed by atoms with E-state index in [1.807, 2.05) is 0 Å². The van der Waals surface area contributed by atoms with E-state index in [0.717, 1.165) is 5.92 Å². The van der Waals surface area contributed by atoms with Gasteiger partial charge in [0.25, 0.3) is 0 Å². The Morgan fingerprint density at radius 3 is 3.33 bits per heavy atom. The van der Waals surface area contributed by atoms with E-state index < -0.39 is 0 Å². The quantitative estimate of drug-likeness (QED) is 0.542. The first-order chi connectivity index (χ1) is 4.31. The summed E-state index contributed by atoms with van der Waals surface area (Å²) in [5.74, 6) is 3.75. The first-order valence-electron chi connectivity index (χ1n) is 3.60. The van der Waals surface area contributed by atoms with Crippen LogP contribution in [-0.4, -0.2) is 24.6 Å². The lowest BCUT2D eigenvalue weighted by Gasteiger charge is -2.19. The largest absolute Gasteiger partial charge is 0.316 e. The summed E-state index contributed by atoms with van der Waals surface area (Å²) in [5.41, 5.74) is 0.657. The number of fused-ring (bicyclic) bond motifs is 1. The predicted octanol–water partition coefficient (Wildman–Crippen LogP) is 0.959. The minimum atomic E-state index is 0.657. The van der Waals surface area contributed by atoms with E-state index in [9.17, 15) is 0 Å². The maximum absolute atomic E-state index is 3.45. The van der Waals surface area contributed by atoms with Gasteiger partial charge in [-0.3, -0.25) is 0 Å². The minimum absolute atomic E-state index is 0.657. The number of rotatable bonds is 0. The highest BCUT2D eigenvalue weighted by Gasteiger charge is 2.42. The molecular weight excluding hydrogens is 130 g/mol. The molecule has 2 heteroatoms. The van der Waals surface area contributed by atoms with Crippen LogP contribution in [0.5, 0.6) is 0 Å². The monoisotopic (exact) mass is 143 g/mol. The van der Waals surface area contributed by atoms with Crippen LogP contribution in [0.25, 0.3) is 0 Å². The van der Waals surface area contributed by atoms with Gasteiger partial charge in [0.15, 0.2) is 0 Å². The molecule has 0 saturated carbocycles. The molecule has 0 bridgehead atoms. The smallest absolute Gasteiger partial charge is 0.00166 e. The molecule has 2 rings (SSSR count). The fourth-order valence-corrected chi connectivity index (χ4v) is 3.51. The minimum Gasteiger partial charge on any atom is -0.316 e. The van der Waals surface area contributed by atoms with Crippen molar-refractivity contribution in [2.24, 2.45) is 11.3 Å². The normalized spacial score (nSPS) is 49.7. The van der Waals surface area contributed by atoms with E-state index in [1.54, 1.807) is 0 Å². The standard InChI is InChI=1S/C7H13NS/c1-7-4-8-2-6(7)3-9-5-7/h6,8H,2-5H2,1H3. The van der Waals surface area contributed by atoms with Crippen LogP contribution >= 0.6 is 11.8 Å². The van der Waals surface area contributed by atoms with Crippen LogP contribution in [0.1, 0.15) is 6.92 Å². The molecule has 0 aromatic carbocycles. The van der Waals surface area contributed by atoms with Crippen molar-refractivity contribution in [3.05, 3.63) is 0 Å². The van der Waals surface area contributed by atoms with Gasteiger partial charge in [0.1, 0.15) is 0 Å². The molecule has 0 aromatic rings. The third-order valence-corrected chi connectivity index (χ3v) is 4.16. The molecule has 2 fully saturated rings. The Morgan fingerprint density at radius 2 is 2.56 bits per heavy atom. The summed E-state index contributed by atoms with van der Waals surface area (Å²) < 4.78 is 0. The lowest BCUT2D eigenvalue weighted by atomic mass is 9.84. The predicted molar refractivity (Wildman–Crippen MR) is 41.8 cm³/mol. The molecule has 0 amide bonds. The van der Waals surface area contributed by atoms with Crippen LogP contribution in [0.4, 0.5) is 0 Å². The van der Waals surface area contributed by atoms with E-state index >= 15 is 0 Å². The second-order valence-corrected chi connectivity index (χ2v) is 4.53. The van der Waals surface area contributed by atoms with Crippen molar-refractivity contribution in [2.45, 2.75) is 6.92 Å². The Hall–Kier alpha value is 0.310. The lowest BCUT2D eigenvalue weighted by Crippen LogP contribution is -2.24. The van der Waals surface area contributed by atoms with Crippen LogP contribution in [0.15, 0.2) is 0 Å². The molecule has 0 radical (unpaired) electrons. The highest BCUT2D eigenvalue weighted by molar-refractivity contribution is 7.99. The zero-order valence-electron chi connectivity index (χ0n) is 5.81. The van der Waals surface area contributed by atoms with Crippen LogP contribution in [0.2, 0.25) is 0 Å². The van der Waals surface area contributed by atoms with Crippen molar-refractivity contribution < 1.29 is 0 Å². The Kier molecular flexibility index (Phi) is 1.27. The zero-order valence-corrected chi connectivity index (χ0v) is 6.63. The number of thioether (sulfide) groups is 1. The zero-order chi connectivity index (χ0) is 6.32. The van der Waals surface area contributed by atoms with E-state index in [1.165, 1.54) is 24.6 Å². The summed E-state index contributed by atoms with van der Waals surface area (Å²) in [6, 6.07) is 0. The molecule has 2 atom stereocenters. The van der Waals surface area contributed by atoms with Crippen molar-refractivity contribution in [2.75, 3.05) is 24.6 Å². The van der Waals surface area contributed by atoms with Gasteiger partial charge in [-0.05, 0) is 23.6 Å². The molecule has 2 aliphatic rings. The second-order valence-electron chi connectivity index (χ2n) is 3.50. The van der Waals surface area contributed by atoms with Gasteiger partial charge in [-0.1, -0.05) is 6.92 Å². The number of hydrogen-bond donors (Lipinski definition) is 1. The molecule has 0 aromatic heterocycles. The summed E-state index contributed by atoms with van der Waals surface area (Å²) in [6.45, 7) is 4.94.